The first kappa shape index (κ1) is 14.3. The van der Waals surface area contributed by atoms with Gasteiger partial charge in [-0.15, -0.1) is 5.10 Å². The molecule has 0 spiro atoms. The lowest BCUT2D eigenvalue weighted by Gasteiger charge is -1.93. The maximum absolute atomic E-state index is 10.9. The van der Waals surface area contributed by atoms with Crippen LogP contribution in [0.5, 0.6) is 0 Å². The molecular formula is C14H13N3O2S. The van der Waals surface area contributed by atoms with E-state index in [-0.39, 0.29) is 12.5 Å². The SMILES string of the molecule is O=C1CSC(=NN=Cc2ccc(C#CCCO)cc2)N1. The number of nitrogens with zero attached hydrogens (tertiary/aromatic N) is 2. The number of nitrogens with one attached hydrogen (secondary N) is 1. The van der Waals surface area contributed by atoms with Crippen molar-refractivity contribution in [2.24, 2.45) is 10.2 Å². The fourth-order valence-electron chi connectivity index (χ4n) is 1.40. The van der Waals surface area contributed by atoms with Gasteiger partial charge in [-0.05, 0) is 17.7 Å². The maximum atomic E-state index is 10.9. The van der Waals surface area contributed by atoms with E-state index in [9.17, 15) is 4.79 Å². The lowest BCUT2D eigenvalue weighted by atomic mass is 10.1. The van der Waals surface area contributed by atoms with E-state index in [1.54, 1.807) is 6.21 Å². The second-order valence-corrected chi connectivity index (χ2v) is 4.85. The van der Waals surface area contributed by atoms with Gasteiger partial charge in [-0.2, -0.15) is 5.10 Å². The quantitative estimate of drug-likeness (QED) is 0.494. The molecule has 0 bridgehead atoms. The number of carbonyl (C=O) groups excluding carboxylic acids is 1. The van der Waals surface area contributed by atoms with Gasteiger partial charge in [-0.3, -0.25) is 4.79 Å². The molecule has 1 aliphatic heterocycles. The van der Waals surface area contributed by atoms with E-state index in [4.69, 9.17) is 5.11 Å². The fraction of sp³-hybridized carbons (Fsp3) is 0.214. The van der Waals surface area contributed by atoms with Gasteiger partial charge in [0.1, 0.15) is 0 Å². The summed E-state index contributed by atoms with van der Waals surface area (Å²) in [5.41, 5.74) is 1.79. The molecule has 102 valence electrons. The largest absolute Gasteiger partial charge is 0.395 e. The Hall–Kier alpha value is -2.10. The van der Waals surface area contributed by atoms with Gasteiger partial charge < -0.3 is 10.4 Å². The molecule has 0 unspecified atom stereocenters. The number of aliphatic hydroxyl groups excluding tert-OH is 1. The van der Waals surface area contributed by atoms with Crippen LogP contribution >= 0.6 is 11.8 Å². The van der Waals surface area contributed by atoms with Gasteiger partial charge in [0.15, 0.2) is 5.17 Å². The summed E-state index contributed by atoms with van der Waals surface area (Å²) in [6.07, 6.45) is 2.09. The summed E-state index contributed by atoms with van der Waals surface area (Å²) in [4.78, 5) is 10.9. The van der Waals surface area contributed by atoms with Gasteiger partial charge in [0.25, 0.3) is 0 Å². The molecule has 1 aromatic carbocycles. The van der Waals surface area contributed by atoms with Crippen molar-refractivity contribution in [2.45, 2.75) is 6.42 Å². The van der Waals surface area contributed by atoms with E-state index < -0.39 is 0 Å². The highest BCUT2D eigenvalue weighted by Gasteiger charge is 2.15. The zero-order chi connectivity index (χ0) is 14.2. The average molecular weight is 287 g/mol. The van der Waals surface area contributed by atoms with Gasteiger partial charge >= 0.3 is 0 Å². The Labute approximate surface area is 121 Å². The predicted octanol–water partition coefficient (Wildman–Crippen LogP) is 0.973. The van der Waals surface area contributed by atoms with Crippen LogP contribution in [0, 0.1) is 11.8 Å². The molecular weight excluding hydrogens is 274 g/mol. The first-order valence-corrected chi connectivity index (χ1v) is 7.00. The number of aliphatic hydroxyl groups is 1. The molecule has 0 aromatic heterocycles. The summed E-state index contributed by atoms with van der Waals surface area (Å²) >= 11 is 1.34. The molecule has 1 heterocycles. The highest BCUT2D eigenvalue weighted by molar-refractivity contribution is 8.15. The molecule has 1 fully saturated rings. The Balaban J connectivity index is 1.94. The minimum absolute atomic E-state index is 0.0465. The number of hydrogen-bond donors (Lipinski definition) is 2. The van der Waals surface area contributed by atoms with Gasteiger partial charge in [0.2, 0.25) is 5.91 Å². The number of rotatable bonds is 3. The third kappa shape index (κ3) is 4.53. The lowest BCUT2D eigenvalue weighted by molar-refractivity contribution is -0.116. The lowest BCUT2D eigenvalue weighted by Crippen LogP contribution is -2.19. The van der Waals surface area contributed by atoms with Crippen LogP contribution in [0.4, 0.5) is 0 Å². The van der Waals surface area contributed by atoms with Crippen LogP contribution in [0.25, 0.3) is 0 Å². The smallest absolute Gasteiger partial charge is 0.236 e. The van der Waals surface area contributed by atoms with Crippen molar-refractivity contribution < 1.29 is 9.90 Å². The van der Waals surface area contributed by atoms with Gasteiger partial charge in [0.05, 0.1) is 18.6 Å². The first-order valence-electron chi connectivity index (χ1n) is 6.01. The Morgan fingerprint density at radius 3 is 2.85 bits per heavy atom. The first-order chi connectivity index (χ1) is 9.78. The molecule has 0 aliphatic carbocycles. The highest BCUT2D eigenvalue weighted by Crippen LogP contribution is 2.08. The summed E-state index contributed by atoms with van der Waals surface area (Å²) in [5, 5.41) is 19.6. The molecule has 2 rings (SSSR count). The number of carbonyl (C=O) groups is 1. The van der Waals surface area contributed by atoms with E-state index in [1.807, 2.05) is 24.3 Å². The predicted molar refractivity (Wildman–Crippen MR) is 80.7 cm³/mol. The van der Waals surface area contributed by atoms with Crippen molar-refractivity contribution in [3.05, 3.63) is 35.4 Å². The van der Waals surface area contributed by atoms with Gasteiger partial charge in [-0.1, -0.05) is 35.7 Å². The second kappa shape index (κ2) is 7.48. The van der Waals surface area contributed by atoms with E-state index in [1.165, 1.54) is 11.8 Å². The van der Waals surface area contributed by atoms with Crippen LogP contribution in [0.1, 0.15) is 17.5 Å². The molecule has 2 N–H and O–H groups in total. The molecule has 1 saturated heterocycles. The molecule has 1 aromatic rings. The van der Waals surface area contributed by atoms with Gasteiger partial charge in [-0.25, -0.2) is 0 Å². The number of amides is 1. The van der Waals surface area contributed by atoms with E-state index in [0.717, 1.165) is 11.1 Å². The monoisotopic (exact) mass is 287 g/mol. The van der Waals surface area contributed by atoms with E-state index in [2.05, 4.69) is 27.4 Å². The van der Waals surface area contributed by atoms with Crippen molar-refractivity contribution in [2.75, 3.05) is 12.4 Å². The normalized spacial score (nSPS) is 16.2. The van der Waals surface area contributed by atoms with Crippen molar-refractivity contribution in [3.63, 3.8) is 0 Å². The number of benzene rings is 1. The molecule has 1 aliphatic rings. The topological polar surface area (TPSA) is 74.0 Å². The molecule has 20 heavy (non-hydrogen) atoms. The molecule has 0 atom stereocenters. The summed E-state index contributed by atoms with van der Waals surface area (Å²) in [6, 6.07) is 7.52. The zero-order valence-corrected chi connectivity index (χ0v) is 11.5. The number of thioether (sulfide) groups is 1. The fourth-order valence-corrected chi connectivity index (χ4v) is 2.03. The number of amidine groups is 1. The summed E-state index contributed by atoms with van der Waals surface area (Å²) in [5.74, 6) is 6.15. The van der Waals surface area contributed by atoms with Crippen molar-refractivity contribution >= 4 is 29.1 Å². The number of hydrogen-bond acceptors (Lipinski definition) is 5. The third-order valence-corrected chi connectivity index (χ3v) is 3.19. The standard InChI is InChI=1S/C14H13N3O2S/c18-8-2-1-3-11-4-6-12(7-5-11)9-15-17-14-16-13(19)10-20-14/h4-7,9,18H,2,8,10H2,(H,16,17,19). The highest BCUT2D eigenvalue weighted by atomic mass is 32.2. The van der Waals surface area contributed by atoms with Crippen LogP contribution in [0.3, 0.4) is 0 Å². The van der Waals surface area contributed by atoms with E-state index >= 15 is 0 Å². The maximum Gasteiger partial charge on any atom is 0.236 e. The Bertz CT molecular complexity index is 597. The summed E-state index contributed by atoms with van der Waals surface area (Å²) in [6.45, 7) is 0.0760. The van der Waals surface area contributed by atoms with Crippen LogP contribution in [0.2, 0.25) is 0 Å². The Kier molecular flexibility index (Phi) is 5.35. The van der Waals surface area contributed by atoms with Crippen LogP contribution in [-0.2, 0) is 4.79 Å². The van der Waals surface area contributed by atoms with Crippen LogP contribution in [-0.4, -0.2) is 34.8 Å². The molecule has 5 nitrogen and oxygen atoms in total. The molecule has 0 saturated carbocycles. The zero-order valence-electron chi connectivity index (χ0n) is 10.7. The third-order valence-electron chi connectivity index (χ3n) is 2.32. The van der Waals surface area contributed by atoms with E-state index in [0.29, 0.717) is 17.3 Å². The summed E-state index contributed by atoms with van der Waals surface area (Å²) < 4.78 is 0. The minimum Gasteiger partial charge on any atom is -0.395 e. The molecule has 0 radical (unpaired) electrons. The van der Waals surface area contributed by atoms with Crippen LogP contribution in [0.15, 0.2) is 34.5 Å². The average Bonchev–Trinajstić information content (AvgIpc) is 2.87. The summed E-state index contributed by atoms with van der Waals surface area (Å²) in [7, 11) is 0. The Morgan fingerprint density at radius 1 is 1.40 bits per heavy atom. The molecule has 6 heteroatoms. The van der Waals surface area contributed by atoms with Crippen molar-refractivity contribution in [1.29, 1.82) is 0 Å². The minimum atomic E-state index is -0.0465. The van der Waals surface area contributed by atoms with Crippen LogP contribution < -0.4 is 5.32 Å². The van der Waals surface area contributed by atoms with Gasteiger partial charge in [0, 0.05) is 12.0 Å². The Morgan fingerprint density at radius 2 is 2.20 bits per heavy atom. The van der Waals surface area contributed by atoms with Crippen molar-refractivity contribution in [1.82, 2.24) is 5.32 Å². The van der Waals surface area contributed by atoms with Crippen molar-refractivity contribution in [3.8, 4) is 11.8 Å². The second-order valence-electron chi connectivity index (χ2n) is 3.88. The molecule has 1 amide bonds.